The van der Waals surface area contributed by atoms with Crippen molar-refractivity contribution in [1.29, 1.82) is 0 Å². The van der Waals surface area contributed by atoms with Crippen LogP contribution in [0.2, 0.25) is 0 Å². The summed E-state index contributed by atoms with van der Waals surface area (Å²) in [5, 5.41) is 0.447. The average molecular weight is 378 g/mol. The maximum absolute atomic E-state index is 13.1. The van der Waals surface area contributed by atoms with Crippen molar-refractivity contribution in [2.45, 2.75) is 5.38 Å². The summed E-state index contributed by atoms with van der Waals surface area (Å²) in [6.07, 6.45) is 0. The standard InChI is InChI=1S/C14H15ClF2N3O3P/c1-24(21,20-6-8-22-9-7-20)11-4-2-10(3-5-11)12-18-13(23-19-12)14(15,16)17/h2-5H,6-9H2,1H3. The number of halogens is 3. The number of aromatic nitrogens is 2. The van der Waals surface area contributed by atoms with Gasteiger partial charge in [-0.15, -0.1) is 0 Å². The number of rotatable bonds is 4. The van der Waals surface area contributed by atoms with Crippen LogP contribution >= 0.6 is 18.9 Å². The van der Waals surface area contributed by atoms with Gasteiger partial charge in [-0.25, -0.2) is 4.67 Å². The third-order valence-corrected chi connectivity index (χ3v) is 6.70. The van der Waals surface area contributed by atoms with Crippen molar-refractivity contribution in [3.05, 3.63) is 30.2 Å². The molecule has 0 amide bonds. The molecule has 0 bridgehead atoms. The number of nitrogens with zero attached hydrogens (tertiary/aromatic N) is 3. The van der Waals surface area contributed by atoms with Gasteiger partial charge in [0.15, 0.2) is 7.29 Å². The molecule has 0 saturated carbocycles. The molecule has 1 aromatic carbocycles. The van der Waals surface area contributed by atoms with E-state index in [9.17, 15) is 13.3 Å². The summed E-state index contributed by atoms with van der Waals surface area (Å²) in [5.74, 6) is -0.966. The summed E-state index contributed by atoms with van der Waals surface area (Å²) in [7, 11) is -2.71. The second-order valence-electron chi connectivity index (χ2n) is 5.41. The average Bonchev–Trinajstić information content (AvgIpc) is 3.06. The van der Waals surface area contributed by atoms with Crippen LogP contribution in [0.3, 0.4) is 0 Å². The molecule has 6 nitrogen and oxygen atoms in total. The van der Waals surface area contributed by atoms with Gasteiger partial charge in [0.25, 0.3) is 0 Å². The van der Waals surface area contributed by atoms with Gasteiger partial charge in [0, 0.05) is 30.6 Å². The van der Waals surface area contributed by atoms with Crippen LogP contribution < -0.4 is 5.30 Å². The number of ether oxygens (including phenoxy) is 1. The van der Waals surface area contributed by atoms with Crippen LogP contribution in [0.25, 0.3) is 11.4 Å². The van der Waals surface area contributed by atoms with Crippen molar-refractivity contribution >= 4 is 24.2 Å². The molecule has 10 heteroatoms. The molecule has 1 atom stereocenters. The second-order valence-corrected chi connectivity index (χ2v) is 8.73. The van der Waals surface area contributed by atoms with E-state index in [0.29, 0.717) is 37.2 Å². The molecule has 0 aliphatic carbocycles. The van der Waals surface area contributed by atoms with Crippen LogP contribution in [-0.2, 0) is 14.7 Å². The lowest BCUT2D eigenvalue weighted by Gasteiger charge is -2.32. The summed E-state index contributed by atoms with van der Waals surface area (Å²) in [4.78, 5) is 3.58. The Morgan fingerprint density at radius 3 is 2.42 bits per heavy atom. The number of alkyl halides is 3. The molecular weight excluding hydrogens is 363 g/mol. The zero-order chi connectivity index (χ0) is 17.4. The molecule has 130 valence electrons. The summed E-state index contributed by atoms with van der Waals surface area (Å²) in [6, 6.07) is 6.60. The van der Waals surface area contributed by atoms with E-state index >= 15 is 0 Å². The molecule has 24 heavy (non-hydrogen) atoms. The SMILES string of the molecule is CP(=O)(c1ccc(-c2noc(C(F)(F)Cl)n2)cc1)N1CCOCC1. The number of morpholine rings is 1. The highest BCUT2D eigenvalue weighted by atomic mass is 35.5. The van der Waals surface area contributed by atoms with Crippen molar-refractivity contribution in [1.82, 2.24) is 14.8 Å². The zero-order valence-corrected chi connectivity index (χ0v) is 14.4. The lowest BCUT2D eigenvalue weighted by atomic mass is 10.2. The summed E-state index contributed by atoms with van der Waals surface area (Å²) >= 11 is 4.85. The molecule has 2 aromatic rings. The monoisotopic (exact) mass is 377 g/mol. The molecular formula is C14H15ClF2N3O3P. The van der Waals surface area contributed by atoms with E-state index in [1.54, 1.807) is 30.9 Å². The topological polar surface area (TPSA) is 68.5 Å². The van der Waals surface area contributed by atoms with E-state index in [-0.39, 0.29) is 5.82 Å². The minimum atomic E-state index is -3.71. The zero-order valence-electron chi connectivity index (χ0n) is 12.8. The Kier molecular flexibility index (Phi) is 4.75. The number of hydrogen-bond acceptors (Lipinski definition) is 5. The molecule has 1 aliphatic rings. The quantitative estimate of drug-likeness (QED) is 0.603. The predicted molar refractivity (Wildman–Crippen MR) is 85.0 cm³/mol. The van der Waals surface area contributed by atoms with Gasteiger partial charge in [-0.2, -0.15) is 13.8 Å². The second kappa shape index (κ2) is 6.52. The van der Waals surface area contributed by atoms with E-state index in [4.69, 9.17) is 16.3 Å². The predicted octanol–water partition coefficient (Wildman–Crippen LogP) is 2.89. The minimum absolute atomic E-state index is 0.00539. The first-order valence-electron chi connectivity index (χ1n) is 7.21. The Balaban J connectivity index is 1.82. The van der Waals surface area contributed by atoms with Crippen LogP contribution in [0.4, 0.5) is 8.78 Å². The molecule has 0 radical (unpaired) electrons. The van der Waals surface area contributed by atoms with E-state index < -0.39 is 18.6 Å². The largest absolute Gasteiger partial charge is 0.400 e. The Hall–Kier alpha value is -1.34. The fourth-order valence-corrected chi connectivity index (χ4v) is 4.47. The van der Waals surface area contributed by atoms with Crippen molar-refractivity contribution < 1.29 is 22.6 Å². The third kappa shape index (κ3) is 3.52. The van der Waals surface area contributed by atoms with Crippen LogP contribution in [0, 0.1) is 0 Å². The van der Waals surface area contributed by atoms with Crippen LogP contribution in [-0.4, -0.2) is 47.8 Å². The lowest BCUT2D eigenvalue weighted by molar-refractivity contribution is 0.0551. The summed E-state index contributed by atoms with van der Waals surface area (Å²) in [6.45, 7) is 4.01. The van der Waals surface area contributed by atoms with Crippen molar-refractivity contribution in [3.8, 4) is 11.4 Å². The molecule has 1 aliphatic heterocycles. The molecule has 3 rings (SSSR count). The van der Waals surface area contributed by atoms with Crippen LogP contribution in [0.5, 0.6) is 0 Å². The highest BCUT2D eigenvalue weighted by Crippen LogP contribution is 2.45. The van der Waals surface area contributed by atoms with Gasteiger partial charge in [-0.05, 0) is 23.7 Å². The van der Waals surface area contributed by atoms with Crippen molar-refractivity contribution in [2.75, 3.05) is 33.0 Å². The van der Waals surface area contributed by atoms with Gasteiger partial charge in [0.2, 0.25) is 5.82 Å². The summed E-state index contributed by atoms with van der Waals surface area (Å²) in [5.41, 5.74) is 0.469. The van der Waals surface area contributed by atoms with Gasteiger partial charge < -0.3 is 13.8 Å². The smallest absolute Gasteiger partial charge is 0.379 e. The normalized spacial score (nSPS) is 19.2. The first kappa shape index (κ1) is 17.5. The maximum atomic E-state index is 13.1. The molecule has 2 heterocycles. The first-order valence-corrected chi connectivity index (χ1v) is 9.69. The van der Waals surface area contributed by atoms with Gasteiger partial charge in [0.1, 0.15) is 0 Å². The molecule has 1 unspecified atom stereocenters. The molecule has 1 saturated heterocycles. The minimum Gasteiger partial charge on any atom is -0.379 e. The fourth-order valence-electron chi connectivity index (χ4n) is 2.44. The van der Waals surface area contributed by atoms with E-state index in [2.05, 4.69) is 14.7 Å². The van der Waals surface area contributed by atoms with E-state index in [0.717, 1.165) is 0 Å². The highest BCUT2D eigenvalue weighted by molar-refractivity contribution is 7.68. The van der Waals surface area contributed by atoms with Crippen LogP contribution in [0.1, 0.15) is 5.89 Å². The van der Waals surface area contributed by atoms with Crippen molar-refractivity contribution in [3.63, 3.8) is 0 Å². The Bertz CT molecular complexity index is 757. The van der Waals surface area contributed by atoms with Gasteiger partial charge in [0.05, 0.1) is 13.2 Å². The molecule has 0 spiro atoms. The van der Waals surface area contributed by atoms with Crippen molar-refractivity contribution in [2.24, 2.45) is 0 Å². The van der Waals surface area contributed by atoms with Gasteiger partial charge in [-0.1, -0.05) is 17.3 Å². The number of hydrogen-bond donors (Lipinski definition) is 0. The molecule has 1 fully saturated rings. The maximum Gasteiger partial charge on any atom is 0.400 e. The summed E-state index contributed by atoms with van der Waals surface area (Å²) < 4.78 is 50.6. The number of benzene rings is 1. The molecule has 0 N–H and O–H groups in total. The Morgan fingerprint density at radius 1 is 1.25 bits per heavy atom. The Morgan fingerprint density at radius 2 is 1.88 bits per heavy atom. The fraction of sp³-hybridized carbons (Fsp3) is 0.429. The van der Waals surface area contributed by atoms with Gasteiger partial charge >= 0.3 is 11.3 Å². The van der Waals surface area contributed by atoms with Crippen LogP contribution in [0.15, 0.2) is 28.8 Å². The Labute approximate surface area is 142 Å². The first-order chi connectivity index (χ1) is 11.3. The van der Waals surface area contributed by atoms with E-state index in [1.165, 1.54) is 0 Å². The lowest BCUT2D eigenvalue weighted by Crippen LogP contribution is -2.36. The third-order valence-electron chi connectivity index (χ3n) is 3.80. The van der Waals surface area contributed by atoms with Gasteiger partial charge in [-0.3, -0.25) is 0 Å². The molecule has 1 aromatic heterocycles. The highest BCUT2D eigenvalue weighted by Gasteiger charge is 2.36. The van der Waals surface area contributed by atoms with E-state index in [1.807, 2.05) is 4.67 Å².